The van der Waals surface area contributed by atoms with E-state index in [1.807, 2.05) is 12.1 Å². The van der Waals surface area contributed by atoms with Crippen molar-refractivity contribution in [2.75, 3.05) is 34.5 Å². The first-order valence-electron chi connectivity index (χ1n) is 8.52. The molecule has 2 aromatic carbocycles. The van der Waals surface area contributed by atoms with E-state index in [9.17, 15) is 9.59 Å². The Morgan fingerprint density at radius 1 is 1.11 bits per heavy atom. The van der Waals surface area contributed by atoms with Crippen LogP contribution in [0.25, 0.3) is 0 Å². The number of esters is 1. The predicted molar refractivity (Wildman–Crippen MR) is 105 cm³/mol. The number of benzene rings is 2. The van der Waals surface area contributed by atoms with Gasteiger partial charge in [-0.1, -0.05) is 0 Å². The Bertz CT molecular complexity index is 892. The van der Waals surface area contributed by atoms with Crippen LogP contribution in [0.2, 0.25) is 0 Å². The molecule has 1 aliphatic heterocycles. The highest BCUT2D eigenvalue weighted by Crippen LogP contribution is 2.34. The number of carbonyl (C=O) groups is 2. The molecule has 148 valence electrons. The van der Waals surface area contributed by atoms with Crippen LogP contribution < -0.4 is 14.2 Å². The Balaban J connectivity index is 1.95. The molecule has 0 fully saturated rings. The molecule has 0 N–H and O–H groups in total. The third-order valence-corrected chi connectivity index (χ3v) is 4.96. The fourth-order valence-electron chi connectivity index (χ4n) is 2.99. The lowest BCUT2D eigenvalue weighted by Gasteiger charge is -2.21. The topological polar surface area (TPSA) is 74.3 Å². The van der Waals surface area contributed by atoms with Gasteiger partial charge in [0.25, 0.3) is 5.91 Å². The van der Waals surface area contributed by atoms with Crippen molar-refractivity contribution in [1.82, 2.24) is 4.90 Å². The van der Waals surface area contributed by atoms with E-state index in [2.05, 4.69) is 15.9 Å². The number of carbonyl (C=O) groups excluding carboxylic acids is 2. The fourth-order valence-corrected chi connectivity index (χ4v) is 3.57. The van der Waals surface area contributed by atoms with Crippen molar-refractivity contribution in [3.63, 3.8) is 0 Å². The number of hydrogen-bond donors (Lipinski definition) is 0. The van der Waals surface area contributed by atoms with Gasteiger partial charge in [0.05, 0.1) is 43.5 Å². The van der Waals surface area contributed by atoms with Crippen LogP contribution in [0, 0.1) is 0 Å². The molecule has 0 aliphatic carbocycles. The van der Waals surface area contributed by atoms with Gasteiger partial charge >= 0.3 is 5.97 Å². The summed E-state index contributed by atoms with van der Waals surface area (Å²) in [6.07, 6.45) is 0. The van der Waals surface area contributed by atoms with Gasteiger partial charge in [-0.05, 0) is 45.8 Å². The Morgan fingerprint density at radius 3 is 2.39 bits per heavy atom. The van der Waals surface area contributed by atoms with Gasteiger partial charge in [-0.2, -0.15) is 0 Å². The van der Waals surface area contributed by atoms with Crippen molar-refractivity contribution in [2.24, 2.45) is 0 Å². The maximum Gasteiger partial charge on any atom is 0.337 e. The number of nitrogens with zero attached hydrogens (tertiary/aromatic N) is 1. The summed E-state index contributed by atoms with van der Waals surface area (Å²) < 4.78 is 21.7. The summed E-state index contributed by atoms with van der Waals surface area (Å²) in [7, 11) is 4.44. The highest BCUT2D eigenvalue weighted by atomic mass is 79.9. The summed E-state index contributed by atoms with van der Waals surface area (Å²) >= 11 is 3.38. The summed E-state index contributed by atoms with van der Waals surface area (Å²) in [5.74, 6) is 0.946. The van der Waals surface area contributed by atoms with Crippen LogP contribution in [0.5, 0.6) is 17.2 Å². The van der Waals surface area contributed by atoms with Crippen LogP contribution >= 0.6 is 15.9 Å². The third-order valence-electron chi connectivity index (χ3n) is 4.37. The minimum absolute atomic E-state index is 0.235. The number of halogens is 1. The number of amides is 1. The SMILES string of the molecule is COC(=O)c1cc(Br)c2c(c1)C(=O)N(Cc1cc(OC)cc(OC)c1)CCO2. The first-order valence-corrected chi connectivity index (χ1v) is 9.32. The van der Waals surface area contributed by atoms with Crippen LogP contribution in [0.15, 0.2) is 34.8 Å². The highest BCUT2D eigenvalue weighted by Gasteiger charge is 2.27. The van der Waals surface area contributed by atoms with E-state index in [4.69, 9.17) is 18.9 Å². The van der Waals surface area contributed by atoms with Gasteiger partial charge in [-0.3, -0.25) is 4.79 Å². The van der Waals surface area contributed by atoms with E-state index in [0.29, 0.717) is 47.0 Å². The summed E-state index contributed by atoms with van der Waals surface area (Å²) in [5, 5.41) is 0. The first kappa shape index (κ1) is 20.0. The maximum absolute atomic E-state index is 13.2. The van der Waals surface area contributed by atoms with Gasteiger partial charge in [0.2, 0.25) is 0 Å². The standard InChI is InChI=1S/C20H20BrNO6/c1-25-14-6-12(7-15(10-14)26-2)11-22-4-5-28-18-16(19(22)23)8-13(9-17(18)21)20(24)27-3/h6-10H,4-5,11H2,1-3H3. The van der Waals surface area contributed by atoms with E-state index in [1.54, 1.807) is 31.3 Å². The number of rotatable bonds is 5. The Hall–Kier alpha value is -2.74. The molecule has 0 spiro atoms. The molecule has 0 unspecified atom stereocenters. The molecule has 0 saturated carbocycles. The molecule has 1 aliphatic rings. The van der Waals surface area contributed by atoms with Gasteiger partial charge in [0, 0.05) is 12.6 Å². The molecule has 0 saturated heterocycles. The lowest BCUT2D eigenvalue weighted by atomic mass is 10.1. The zero-order valence-corrected chi connectivity index (χ0v) is 17.4. The van der Waals surface area contributed by atoms with E-state index >= 15 is 0 Å². The monoisotopic (exact) mass is 449 g/mol. The average Bonchev–Trinajstić information content (AvgIpc) is 2.86. The Kier molecular flexibility index (Phi) is 6.08. The number of methoxy groups -OCH3 is 3. The maximum atomic E-state index is 13.2. The second kappa shape index (κ2) is 8.52. The number of fused-ring (bicyclic) bond motifs is 1. The minimum Gasteiger partial charge on any atom is -0.497 e. The first-order chi connectivity index (χ1) is 13.5. The van der Waals surface area contributed by atoms with Crippen molar-refractivity contribution >= 4 is 27.8 Å². The minimum atomic E-state index is -0.523. The molecule has 0 bridgehead atoms. The fraction of sp³-hybridized carbons (Fsp3) is 0.300. The van der Waals surface area contributed by atoms with Gasteiger partial charge in [-0.15, -0.1) is 0 Å². The van der Waals surface area contributed by atoms with Gasteiger partial charge in [0.15, 0.2) is 0 Å². The lowest BCUT2D eigenvalue weighted by Crippen LogP contribution is -2.32. The van der Waals surface area contributed by atoms with Gasteiger partial charge in [0.1, 0.15) is 23.9 Å². The number of ether oxygens (including phenoxy) is 4. The molecule has 1 amide bonds. The molecule has 0 atom stereocenters. The van der Waals surface area contributed by atoms with Crippen molar-refractivity contribution < 1.29 is 28.5 Å². The predicted octanol–water partition coefficient (Wildman–Crippen LogP) is 3.29. The molecular formula is C20H20BrNO6. The van der Waals surface area contributed by atoms with Crippen LogP contribution in [0.3, 0.4) is 0 Å². The summed E-state index contributed by atoms with van der Waals surface area (Å²) in [5.41, 5.74) is 1.44. The highest BCUT2D eigenvalue weighted by molar-refractivity contribution is 9.10. The van der Waals surface area contributed by atoms with Gasteiger partial charge < -0.3 is 23.8 Å². The van der Waals surface area contributed by atoms with E-state index < -0.39 is 5.97 Å². The van der Waals surface area contributed by atoms with E-state index in [1.165, 1.54) is 13.2 Å². The molecular weight excluding hydrogens is 430 g/mol. The summed E-state index contributed by atoms with van der Waals surface area (Å²) in [4.78, 5) is 26.8. The largest absolute Gasteiger partial charge is 0.497 e. The van der Waals surface area contributed by atoms with Crippen LogP contribution in [-0.4, -0.2) is 51.3 Å². The smallest absolute Gasteiger partial charge is 0.337 e. The molecule has 0 aromatic heterocycles. The van der Waals surface area contributed by atoms with Crippen LogP contribution in [0.1, 0.15) is 26.3 Å². The number of hydrogen-bond acceptors (Lipinski definition) is 6. The lowest BCUT2D eigenvalue weighted by molar-refractivity contribution is 0.0600. The second-order valence-corrected chi connectivity index (χ2v) is 6.98. The van der Waals surface area contributed by atoms with Gasteiger partial charge in [-0.25, -0.2) is 4.79 Å². The van der Waals surface area contributed by atoms with Crippen molar-refractivity contribution in [1.29, 1.82) is 0 Å². The van der Waals surface area contributed by atoms with E-state index in [-0.39, 0.29) is 11.5 Å². The second-order valence-electron chi connectivity index (χ2n) is 6.12. The molecule has 2 aromatic rings. The van der Waals surface area contributed by atoms with Crippen molar-refractivity contribution in [2.45, 2.75) is 6.54 Å². The summed E-state index contributed by atoms with van der Waals surface area (Å²) in [6, 6.07) is 8.55. The third kappa shape index (κ3) is 4.06. The van der Waals surface area contributed by atoms with Crippen molar-refractivity contribution in [3.05, 3.63) is 51.5 Å². The zero-order valence-electron chi connectivity index (χ0n) is 15.8. The quantitative estimate of drug-likeness (QED) is 0.652. The molecule has 1 heterocycles. The van der Waals surface area contributed by atoms with Crippen LogP contribution in [-0.2, 0) is 11.3 Å². The molecule has 8 heteroatoms. The summed E-state index contributed by atoms with van der Waals surface area (Å²) in [6.45, 7) is 1.07. The Morgan fingerprint density at radius 2 is 1.79 bits per heavy atom. The average molecular weight is 450 g/mol. The molecule has 3 rings (SSSR count). The van der Waals surface area contributed by atoms with E-state index in [0.717, 1.165) is 5.56 Å². The van der Waals surface area contributed by atoms with Crippen LogP contribution in [0.4, 0.5) is 0 Å². The molecule has 0 radical (unpaired) electrons. The molecule has 7 nitrogen and oxygen atoms in total. The zero-order chi connectivity index (χ0) is 20.3. The Labute approximate surface area is 171 Å². The molecule has 28 heavy (non-hydrogen) atoms. The normalized spacial score (nSPS) is 13.3. The van der Waals surface area contributed by atoms with Crippen molar-refractivity contribution in [3.8, 4) is 17.2 Å².